The number of aliphatic hydroxyl groups excluding tert-OH is 2. The normalized spacial score (nSPS) is 26.4. The second-order valence-corrected chi connectivity index (χ2v) is 11.1. The van der Waals surface area contributed by atoms with Crippen molar-refractivity contribution in [3.05, 3.63) is 45.9 Å². The summed E-state index contributed by atoms with van der Waals surface area (Å²) in [6, 6.07) is 1.73. The van der Waals surface area contributed by atoms with Gasteiger partial charge in [0, 0.05) is 11.5 Å². The number of benzene rings is 1. The van der Waals surface area contributed by atoms with Crippen LogP contribution in [0, 0.1) is 11.8 Å². The van der Waals surface area contributed by atoms with Crippen LogP contribution in [0.5, 0.6) is 5.75 Å². The highest BCUT2D eigenvalue weighted by molar-refractivity contribution is 9.10. The van der Waals surface area contributed by atoms with Gasteiger partial charge in [-0.15, -0.1) is 17.0 Å². The van der Waals surface area contributed by atoms with Crippen LogP contribution in [0.3, 0.4) is 0 Å². The van der Waals surface area contributed by atoms with Crippen molar-refractivity contribution in [2.45, 2.75) is 35.7 Å². The number of carbonyl (C=O) groups excluding carboxylic acids is 4. The molecule has 3 aliphatic carbocycles. The minimum absolute atomic E-state index is 0. The fourth-order valence-electron chi connectivity index (χ4n) is 5.78. The summed E-state index contributed by atoms with van der Waals surface area (Å²) in [5.74, 6) is -9.77. The summed E-state index contributed by atoms with van der Waals surface area (Å²) in [5, 5.41) is 55.8. The molecule has 0 bridgehead atoms. The molecule has 4 unspecified atom stereocenters. The Hall–Kier alpha value is -3.27. The second-order valence-electron chi connectivity index (χ2n) is 10.0. The molecule has 0 spiro atoms. The first kappa shape index (κ1) is 31.3. The monoisotopic (exact) mass is 687 g/mol. The van der Waals surface area contributed by atoms with E-state index < -0.39 is 86.9 Å². The quantitative estimate of drug-likeness (QED) is 0.126. The van der Waals surface area contributed by atoms with E-state index in [1.807, 2.05) is 0 Å². The minimum Gasteiger partial charge on any atom is -0.510 e. The van der Waals surface area contributed by atoms with Gasteiger partial charge in [-0.25, -0.2) is 0 Å². The SMILES string of the molecule is Br.CN(C)C1C(O)=C(C(N)=O)C(=O)C2(O)C(O)=C3C(=O)c4c(ccc(NC(=O)[C@@H](Br)CC(=O)O)c4O)CC3CC12. The molecule has 1 aromatic rings. The number of nitrogens with zero attached hydrogens (tertiary/aromatic N) is 1. The van der Waals surface area contributed by atoms with E-state index in [0.29, 0.717) is 5.56 Å². The fraction of sp³-hybridized carbons (Fsp3) is 0.400. The Labute approximate surface area is 246 Å². The number of nitrogens with two attached hydrogens (primary N) is 1. The van der Waals surface area contributed by atoms with E-state index in [4.69, 9.17) is 10.8 Å². The number of fused-ring (bicyclic) bond motifs is 3. The number of anilines is 1. The number of hydrogen-bond acceptors (Lipinski definition) is 10. The Morgan fingerprint density at radius 1 is 1.20 bits per heavy atom. The first-order valence-corrected chi connectivity index (χ1v) is 12.7. The topological polar surface area (TPSA) is 228 Å². The van der Waals surface area contributed by atoms with E-state index in [9.17, 15) is 44.4 Å². The highest BCUT2D eigenvalue weighted by Crippen LogP contribution is 2.52. The number of carbonyl (C=O) groups is 5. The molecule has 2 amide bonds. The molecule has 0 heterocycles. The maximum atomic E-state index is 13.7. The standard InChI is InChI=1S/C25H26BrN3O10.BrH/c1-29(2)17-10-6-9-5-8-3-4-12(28-24(38)11(26)7-13(30)31)18(32)14(8)19(33)15(9)21(35)25(10,39)22(36)16(20(17)34)23(27)37;/h3-4,9-11,17,32,34-35,39H,5-7H2,1-2H3,(H2,27,37)(H,28,38)(H,30,31);1H/t9?,10?,11-,17?,25?;/m0./s1. The van der Waals surface area contributed by atoms with Crippen molar-refractivity contribution in [1.29, 1.82) is 0 Å². The maximum Gasteiger partial charge on any atom is 0.305 e. The van der Waals surface area contributed by atoms with E-state index >= 15 is 0 Å². The molecule has 13 nitrogen and oxygen atoms in total. The largest absolute Gasteiger partial charge is 0.510 e. The molecule has 40 heavy (non-hydrogen) atoms. The zero-order valence-electron chi connectivity index (χ0n) is 21.2. The van der Waals surface area contributed by atoms with E-state index in [2.05, 4.69) is 21.2 Å². The number of carboxylic acid groups (broad SMARTS) is 1. The lowest BCUT2D eigenvalue weighted by molar-refractivity contribution is -0.148. The van der Waals surface area contributed by atoms with Crippen molar-refractivity contribution in [1.82, 2.24) is 4.90 Å². The molecule has 8 N–H and O–H groups in total. The number of ketones is 2. The van der Waals surface area contributed by atoms with Crippen molar-refractivity contribution in [2.24, 2.45) is 17.6 Å². The van der Waals surface area contributed by atoms with E-state index in [1.165, 1.54) is 31.1 Å². The number of amides is 2. The Bertz CT molecular complexity index is 1410. The number of rotatable bonds is 6. The highest BCUT2D eigenvalue weighted by atomic mass is 79.9. The van der Waals surface area contributed by atoms with Crippen LogP contribution in [0.1, 0.15) is 28.8 Å². The molecule has 0 aliphatic heterocycles. The van der Waals surface area contributed by atoms with Crippen LogP contribution in [0.25, 0.3) is 0 Å². The van der Waals surface area contributed by atoms with Gasteiger partial charge in [-0.1, -0.05) is 22.0 Å². The Balaban J connectivity index is 0.00000441. The van der Waals surface area contributed by atoms with Gasteiger partial charge >= 0.3 is 5.97 Å². The third-order valence-electron chi connectivity index (χ3n) is 7.49. The van der Waals surface area contributed by atoms with Gasteiger partial charge in [0.1, 0.15) is 21.9 Å². The number of Topliss-reactive ketones (excluding diaryl/α,β-unsaturated/α-hetero) is 2. The van der Waals surface area contributed by atoms with Gasteiger partial charge in [-0.3, -0.25) is 28.9 Å². The zero-order valence-corrected chi connectivity index (χ0v) is 24.5. The fourth-order valence-corrected chi connectivity index (χ4v) is 6.17. The molecule has 5 atom stereocenters. The number of nitrogens with one attached hydrogen (secondary N) is 1. The highest BCUT2D eigenvalue weighted by Gasteiger charge is 2.63. The van der Waals surface area contributed by atoms with Crippen LogP contribution >= 0.6 is 32.9 Å². The first-order valence-electron chi connectivity index (χ1n) is 11.8. The summed E-state index contributed by atoms with van der Waals surface area (Å²) in [6.07, 6.45) is -0.500. The van der Waals surface area contributed by atoms with Gasteiger partial charge in [-0.05, 0) is 44.5 Å². The van der Waals surface area contributed by atoms with Gasteiger partial charge in [0.05, 0.1) is 23.7 Å². The molecular weight excluding hydrogens is 662 g/mol. The number of hydrogen-bond donors (Lipinski definition) is 7. The number of carboxylic acids is 1. The third kappa shape index (κ3) is 4.70. The van der Waals surface area contributed by atoms with E-state index in [0.717, 1.165) is 0 Å². The van der Waals surface area contributed by atoms with Crippen molar-refractivity contribution in [2.75, 3.05) is 19.4 Å². The average Bonchev–Trinajstić information content (AvgIpc) is 2.82. The molecule has 1 aromatic carbocycles. The van der Waals surface area contributed by atoms with Gasteiger partial charge in [0.25, 0.3) is 5.91 Å². The summed E-state index contributed by atoms with van der Waals surface area (Å²) < 4.78 is 0. The van der Waals surface area contributed by atoms with Crippen molar-refractivity contribution >= 4 is 67.9 Å². The number of phenolic OH excluding ortho intramolecular Hbond substituents is 1. The smallest absolute Gasteiger partial charge is 0.305 e. The number of likely N-dealkylation sites (N-methyl/N-ethyl adjacent to an activating group) is 1. The van der Waals surface area contributed by atoms with Crippen molar-refractivity contribution < 1.29 is 49.5 Å². The van der Waals surface area contributed by atoms with Gasteiger partial charge in [0.15, 0.2) is 17.1 Å². The van der Waals surface area contributed by atoms with Crippen LogP contribution in [0.2, 0.25) is 0 Å². The molecule has 4 rings (SSSR count). The number of aliphatic hydroxyl groups is 3. The summed E-state index contributed by atoms with van der Waals surface area (Å²) in [4.78, 5) is 62.6. The minimum atomic E-state index is -2.76. The first-order chi connectivity index (χ1) is 18.1. The second kappa shape index (κ2) is 11.0. The number of alkyl halides is 1. The average molecular weight is 689 g/mol. The lowest BCUT2D eigenvalue weighted by Crippen LogP contribution is -2.63. The lowest BCUT2D eigenvalue weighted by atomic mass is 9.58. The van der Waals surface area contributed by atoms with Crippen LogP contribution < -0.4 is 11.1 Å². The number of phenols is 1. The summed E-state index contributed by atoms with van der Waals surface area (Å²) in [7, 11) is 3.07. The van der Waals surface area contributed by atoms with Gasteiger partial charge in [-0.2, -0.15) is 0 Å². The maximum absolute atomic E-state index is 13.7. The van der Waals surface area contributed by atoms with Crippen LogP contribution in [-0.2, 0) is 25.6 Å². The van der Waals surface area contributed by atoms with Crippen LogP contribution in [0.15, 0.2) is 34.8 Å². The molecule has 0 aromatic heterocycles. The molecule has 0 saturated heterocycles. The number of aliphatic carboxylic acids is 1. The van der Waals surface area contributed by atoms with Gasteiger partial charge in [0.2, 0.25) is 11.7 Å². The predicted molar refractivity (Wildman–Crippen MR) is 148 cm³/mol. The molecule has 15 heteroatoms. The van der Waals surface area contributed by atoms with Crippen LogP contribution in [-0.4, -0.2) is 90.3 Å². The lowest BCUT2D eigenvalue weighted by Gasteiger charge is -2.50. The third-order valence-corrected chi connectivity index (χ3v) is 8.23. The van der Waals surface area contributed by atoms with Crippen molar-refractivity contribution in [3.63, 3.8) is 0 Å². The summed E-state index contributed by atoms with van der Waals surface area (Å²) in [6.45, 7) is 0. The summed E-state index contributed by atoms with van der Waals surface area (Å²) >= 11 is 2.94. The van der Waals surface area contributed by atoms with Crippen LogP contribution in [0.4, 0.5) is 5.69 Å². The molecule has 0 fully saturated rings. The van der Waals surface area contributed by atoms with E-state index in [1.54, 1.807) is 0 Å². The zero-order chi connectivity index (χ0) is 29.1. The number of allylic oxidation sites excluding steroid dienone is 1. The number of primary amides is 1. The number of aromatic hydroxyl groups is 1. The van der Waals surface area contributed by atoms with Crippen molar-refractivity contribution in [3.8, 4) is 5.75 Å². The summed E-state index contributed by atoms with van der Waals surface area (Å²) in [5.41, 5.74) is 1.20. The molecule has 0 radical (unpaired) electrons. The molecular formula is C25H27Br2N3O10. The van der Waals surface area contributed by atoms with E-state index in [-0.39, 0.29) is 46.6 Å². The Morgan fingerprint density at radius 2 is 1.82 bits per heavy atom. The number of halogens is 2. The predicted octanol–water partition coefficient (Wildman–Crippen LogP) is 0.875. The van der Waals surface area contributed by atoms with Gasteiger partial charge < -0.3 is 36.6 Å². The Kier molecular flexibility index (Phi) is 8.56. The molecule has 0 saturated carbocycles. The molecule has 3 aliphatic rings. The molecule has 216 valence electrons. The Morgan fingerprint density at radius 3 is 2.38 bits per heavy atom.